The predicted molar refractivity (Wildman–Crippen MR) is 73.3 cm³/mol. The van der Waals surface area contributed by atoms with E-state index in [0.717, 1.165) is 24.3 Å². The van der Waals surface area contributed by atoms with Gasteiger partial charge in [-0.15, -0.1) is 0 Å². The summed E-state index contributed by atoms with van der Waals surface area (Å²) < 4.78 is 5.27. The molecule has 0 atom stereocenters. The van der Waals surface area contributed by atoms with Gasteiger partial charge in [0.1, 0.15) is 5.60 Å². The maximum Gasteiger partial charge on any atom is 0.412 e. The number of likely N-dealkylation sites (N-methyl/N-ethyl adjacent to an activating group) is 1. The van der Waals surface area contributed by atoms with E-state index < -0.39 is 11.7 Å². The molecular weight excluding hydrogens is 228 g/mol. The molecule has 0 bridgehead atoms. The summed E-state index contributed by atoms with van der Waals surface area (Å²) in [7, 11) is 2.03. The SMILES string of the molecule is CN1CCc2cccc(NC(=O)OC(C)(C)C)c21. The van der Waals surface area contributed by atoms with E-state index in [9.17, 15) is 4.79 Å². The van der Waals surface area contributed by atoms with Crippen molar-refractivity contribution >= 4 is 17.5 Å². The fraction of sp³-hybridized carbons (Fsp3) is 0.500. The Balaban J connectivity index is 2.16. The molecule has 0 saturated heterocycles. The van der Waals surface area contributed by atoms with Gasteiger partial charge in [0.2, 0.25) is 0 Å². The summed E-state index contributed by atoms with van der Waals surface area (Å²) in [5, 5.41) is 2.83. The van der Waals surface area contributed by atoms with Crippen LogP contribution in [0.15, 0.2) is 18.2 Å². The Morgan fingerprint density at radius 1 is 1.39 bits per heavy atom. The Morgan fingerprint density at radius 3 is 2.78 bits per heavy atom. The van der Waals surface area contributed by atoms with Crippen molar-refractivity contribution in [3.8, 4) is 0 Å². The molecule has 4 heteroatoms. The summed E-state index contributed by atoms with van der Waals surface area (Å²) in [6.07, 6.45) is 0.617. The van der Waals surface area contributed by atoms with Crippen LogP contribution in [0.5, 0.6) is 0 Å². The summed E-state index contributed by atoms with van der Waals surface area (Å²) in [5.41, 5.74) is 2.71. The molecule has 98 valence electrons. The van der Waals surface area contributed by atoms with E-state index in [1.54, 1.807) is 0 Å². The third-order valence-electron chi connectivity index (χ3n) is 2.85. The molecule has 0 aliphatic carbocycles. The zero-order chi connectivity index (χ0) is 13.3. The van der Waals surface area contributed by atoms with Crippen molar-refractivity contribution < 1.29 is 9.53 Å². The molecule has 1 aromatic carbocycles. The highest BCUT2D eigenvalue weighted by molar-refractivity contribution is 5.91. The smallest absolute Gasteiger partial charge is 0.412 e. The Bertz CT molecular complexity index is 463. The number of nitrogens with zero attached hydrogens (tertiary/aromatic N) is 1. The van der Waals surface area contributed by atoms with Crippen LogP contribution in [-0.4, -0.2) is 25.3 Å². The monoisotopic (exact) mass is 248 g/mol. The molecule has 1 heterocycles. The summed E-state index contributed by atoms with van der Waals surface area (Å²) in [6.45, 7) is 6.55. The van der Waals surface area contributed by atoms with Gasteiger partial charge in [0, 0.05) is 13.6 Å². The largest absolute Gasteiger partial charge is 0.444 e. The molecule has 0 unspecified atom stereocenters. The Labute approximate surface area is 108 Å². The van der Waals surface area contributed by atoms with Gasteiger partial charge in [-0.2, -0.15) is 0 Å². The van der Waals surface area contributed by atoms with Crippen LogP contribution in [0.1, 0.15) is 26.3 Å². The highest BCUT2D eigenvalue weighted by atomic mass is 16.6. The minimum atomic E-state index is -0.478. The van der Waals surface area contributed by atoms with Crippen LogP contribution in [0.2, 0.25) is 0 Å². The molecule has 2 rings (SSSR count). The summed E-state index contributed by atoms with van der Waals surface area (Å²) in [4.78, 5) is 13.9. The zero-order valence-electron chi connectivity index (χ0n) is 11.4. The first-order valence-corrected chi connectivity index (χ1v) is 6.20. The Kier molecular flexibility index (Phi) is 3.20. The van der Waals surface area contributed by atoms with Gasteiger partial charge in [-0.1, -0.05) is 12.1 Å². The average Bonchev–Trinajstić information content (AvgIpc) is 2.58. The number of ether oxygens (including phenoxy) is 1. The van der Waals surface area contributed by atoms with Gasteiger partial charge >= 0.3 is 6.09 Å². The van der Waals surface area contributed by atoms with Gasteiger partial charge < -0.3 is 9.64 Å². The standard InChI is InChI=1S/C14H20N2O2/c1-14(2,3)18-13(17)15-11-7-5-6-10-8-9-16(4)12(10)11/h5-7H,8-9H2,1-4H3,(H,15,17). The van der Waals surface area contributed by atoms with Crippen molar-refractivity contribution in [3.05, 3.63) is 23.8 Å². The number of benzene rings is 1. The van der Waals surface area contributed by atoms with Crippen molar-refractivity contribution in [2.45, 2.75) is 32.8 Å². The predicted octanol–water partition coefficient (Wildman–Crippen LogP) is 3.03. The van der Waals surface area contributed by atoms with Crippen LogP contribution in [0.25, 0.3) is 0 Å². The maximum absolute atomic E-state index is 11.8. The summed E-state index contributed by atoms with van der Waals surface area (Å²) >= 11 is 0. The van der Waals surface area contributed by atoms with Crippen molar-refractivity contribution in [1.29, 1.82) is 0 Å². The molecule has 1 amide bonds. The third-order valence-corrected chi connectivity index (χ3v) is 2.85. The fourth-order valence-electron chi connectivity index (χ4n) is 2.16. The summed E-state index contributed by atoms with van der Waals surface area (Å²) in [5.74, 6) is 0. The van der Waals surface area contributed by atoms with Crippen LogP contribution in [0, 0.1) is 0 Å². The molecule has 0 aromatic heterocycles. The number of carbonyl (C=O) groups excluding carboxylic acids is 1. The van der Waals surface area contributed by atoms with E-state index in [2.05, 4.69) is 16.3 Å². The number of para-hydroxylation sites is 1. The van der Waals surface area contributed by atoms with Crippen LogP contribution in [0.3, 0.4) is 0 Å². The van der Waals surface area contributed by atoms with E-state index in [-0.39, 0.29) is 0 Å². The highest BCUT2D eigenvalue weighted by Crippen LogP contribution is 2.34. The van der Waals surface area contributed by atoms with Crippen molar-refractivity contribution in [3.63, 3.8) is 0 Å². The molecule has 4 nitrogen and oxygen atoms in total. The van der Waals surface area contributed by atoms with E-state index in [4.69, 9.17) is 4.74 Å². The second kappa shape index (κ2) is 4.52. The molecule has 0 saturated carbocycles. The number of rotatable bonds is 1. The molecule has 1 aliphatic heterocycles. The number of anilines is 2. The maximum atomic E-state index is 11.8. The second-order valence-electron chi connectivity index (χ2n) is 5.61. The topological polar surface area (TPSA) is 41.6 Å². The van der Waals surface area contributed by atoms with Gasteiger partial charge in [0.05, 0.1) is 11.4 Å². The lowest BCUT2D eigenvalue weighted by Gasteiger charge is -2.21. The van der Waals surface area contributed by atoms with Gasteiger partial charge in [0.25, 0.3) is 0 Å². The second-order valence-corrected chi connectivity index (χ2v) is 5.61. The lowest BCUT2D eigenvalue weighted by atomic mass is 10.1. The number of nitrogens with one attached hydrogen (secondary N) is 1. The first-order valence-electron chi connectivity index (χ1n) is 6.20. The normalized spacial score (nSPS) is 14.3. The third kappa shape index (κ3) is 2.75. The van der Waals surface area contributed by atoms with E-state index in [0.29, 0.717) is 0 Å². The Morgan fingerprint density at radius 2 is 2.11 bits per heavy atom. The summed E-state index contributed by atoms with van der Waals surface area (Å²) in [6, 6.07) is 5.97. The molecule has 0 fully saturated rings. The van der Waals surface area contributed by atoms with E-state index >= 15 is 0 Å². The minimum Gasteiger partial charge on any atom is -0.444 e. The van der Waals surface area contributed by atoms with Gasteiger partial charge in [-0.3, -0.25) is 5.32 Å². The molecule has 1 aliphatic rings. The average molecular weight is 248 g/mol. The minimum absolute atomic E-state index is 0.406. The number of amides is 1. The molecular formula is C14H20N2O2. The number of hydrogen-bond donors (Lipinski definition) is 1. The molecule has 1 N–H and O–H groups in total. The zero-order valence-corrected chi connectivity index (χ0v) is 11.4. The van der Waals surface area contributed by atoms with Gasteiger partial charge in [0.15, 0.2) is 0 Å². The number of hydrogen-bond acceptors (Lipinski definition) is 3. The highest BCUT2D eigenvalue weighted by Gasteiger charge is 2.22. The van der Waals surface area contributed by atoms with Crippen LogP contribution in [-0.2, 0) is 11.2 Å². The van der Waals surface area contributed by atoms with Gasteiger partial charge in [-0.05, 0) is 38.8 Å². The lowest BCUT2D eigenvalue weighted by molar-refractivity contribution is 0.0636. The van der Waals surface area contributed by atoms with Crippen LogP contribution >= 0.6 is 0 Å². The van der Waals surface area contributed by atoms with Crippen LogP contribution in [0.4, 0.5) is 16.2 Å². The molecule has 18 heavy (non-hydrogen) atoms. The molecule has 0 spiro atoms. The first kappa shape index (κ1) is 12.7. The van der Waals surface area contributed by atoms with Crippen molar-refractivity contribution in [2.24, 2.45) is 0 Å². The lowest BCUT2D eigenvalue weighted by Crippen LogP contribution is -2.27. The van der Waals surface area contributed by atoms with Gasteiger partial charge in [-0.25, -0.2) is 4.79 Å². The fourth-order valence-corrected chi connectivity index (χ4v) is 2.16. The van der Waals surface area contributed by atoms with Crippen molar-refractivity contribution in [2.75, 3.05) is 23.8 Å². The molecule has 0 radical (unpaired) electrons. The number of fused-ring (bicyclic) bond motifs is 1. The molecule has 1 aromatic rings. The Hall–Kier alpha value is -1.71. The first-order chi connectivity index (χ1) is 8.37. The van der Waals surface area contributed by atoms with E-state index in [1.807, 2.05) is 40.0 Å². The quantitative estimate of drug-likeness (QED) is 0.830. The number of carbonyl (C=O) groups is 1. The van der Waals surface area contributed by atoms with Crippen LogP contribution < -0.4 is 10.2 Å². The van der Waals surface area contributed by atoms with E-state index in [1.165, 1.54) is 5.56 Å². The van der Waals surface area contributed by atoms with Crippen molar-refractivity contribution in [1.82, 2.24) is 0 Å².